The lowest BCUT2D eigenvalue weighted by molar-refractivity contribution is 0.256. The standard InChI is InChI=1S/C21H34N4/c1-17-13-19(16-25(17)15-18-9-5-4-6-10-18)14-23-21(22)24-20-11-7-2-3-8-12-20/h4-6,9-10,17,19-20H,2-3,7-8,11-16H2,1H3,(H3,22,23,24). The van der Waals surface area contributed by atoms with Gasteiger partial charge in [-0.2, -0.15) is 0 Å². The van der Waals surface area contributed by atoms with Gasteiger partial charge in [0, 0.05) is 31.7 Å². The van der Waals surface area contributed by atoms with Crippen LogP contribution >= 0.6 is 0 Å². The molecule has 1 aromatic carbocycles. The molecule has 25 heavy (non-hydrogen) atoms. The molecule has 0 bridgehead atoms. The summed E-state index contributed by atoms with van der Waals surface area (Å²) in [5.74, 6) is 1.27. The number of aliphatic imine (C=N–C) groups is 1. The minimum Gasteiger partial charge on any atom is -0.370 e. The van der Waals surface area contributed by atoms with Gasteiger partial charge in [0.25, 0.3) is 0 Å². The van der Waals surface area contributed by atoms with Crippen molar-refractivity contribution in [3.63, 3.8) is 0 Å². The first-order valence-electron chi connectivity index (χ1n) is 10.0. The molecule has 2 unspecified atom stereocenters. The minimum atomic E-state index is 0.531. The zero-order valence-electron chi connectivity index (χ0n) is 15.7. The third-order valence-electron chi connectivity index (χ3n) is 5.75. The molecule has 0 radical (unpaired) electrons. The van der Waals surface area contributed by atoms with Gasteiger partial charge < -0.3 is 11.1 Å². The zero-order valence-corrected chi connectivity index (χ0v) is 15.7. The predicted molar refractivity (Wildman–Crippen MR) is 106 cm³/mol. The van der Waals surface area contributed by atoms with Gasteiger partial charge in [0.15, 0.2) is 5.96 Å². The summed E-state index contributed by atoms with van der Waals surface area (Å²) in [4.78, 5) is 7.24. The summed E-state index contributed by atoms with van der Waals surface area (Å²) in [6.45, 7) is 5.34. The van der Waals surface area contributed by atoms with Gasteiger partial charge in [0.1, 0.15) is 0 Å². The summed E-state index contributed by atoms with van der Waals surface area (Å²) in [5.41, 5.74) is 7.55. The first-order chi connectivity index (χ1) is 12.2. The molecule has 4 nitrogen and oxygen atoms in total. The molecule has 2 fully saturated rings. The fraction of sp³-hybridized carbons (Fsp3) is 0.667. The van der Waals surface area contributed by atoms with Gasteiger partial charge in [-0.1, -0.05) is 56.0 Å². The molecule has 0 amide bonds. The van der Waals surface area contributed by atoms with E-state index in [1.807, 2.05) is 0 Å². The Kier molecular flexibility index (Phi) is 6.74. The molecule has 1 saturated carbocycles. The SMILES string of the molecule is CC1CC(CN=C(N)NC2CCCCCC2)CN1Cc1ccccc1. The van der Waals surface area contributed by atoms with Crippen LogP contribution in [0.3, 0.4) is 0 Å². The number of guanidine groups is 1. The summed E-state index contributed by atoms with van der Waals surface area (Å²) in [6, 6.07) is 11.9. The van der Waals surface area contributed by atoms with Gasteiger partial charge in [0.05, 0.1) is 0 Å². The summed E-state index contributed by atoms with van der Waals surface area (Å²) < 4.78 is 0. The number of hydrogen-bond acceptors (Lipinski definition) is 2. The van der Waals surface area contributed by atoms with Crippen molar-refractivity contribution >= 4 is 5.96 Å². The van der Waals surface area contributed by atoms with E-state index in [0.29, 0.717) is 24.0 Å². The zero-order chi connectivity index (χ0) is 17.5. The molecule has 2 aliphatic rings. The van der Waals surface area contributed by atoms with E-state index in [4.69, 9.17) is 5.73 Å². The molecular weight excluding hydrogens is 308 g/mol. The summed E-state index contributed by atoms with van der Waals surface area (Å²) in [6.07, 6.45) is 9.06. The number of nitrogens with one attached hydrogen (secondary N) is 1. The maximum Gasteiger partial charge on any atom is 0.188 e. The van der Waals surface area contributed by atoms with Crippen LogP contribution in [0.5, 0.6) is 0 Å². The molecule has 0 aromatic heterocycles. The lowest BCUT2D eigenvalue weighted by atomic mass is 10.1. The van der Waals surface area contributed by atoms with Crippen molar-refractivity contribution in [3.05, 3.63) is 35.9 Å². The van der Waals surface area contributed by atoms with E-state index in [2.05, 4.69) is 52.5 Å². The largest absolute Gasteiger partial charge is 0.370 e. The highest BCUT2D eigenvalue weighted by molar-refractivity contribution is 5.78. The van der Waals surface area contributed by atoms with Crippen LogP contribution in [0.4, 0.5) is 0 Å². The van der Waals surface area contributed by atoms with Crippen LogP contribution < -0.4 is 11.1 Å². The lowest BCUT2D eigenvalue weighted by Crippen LogP contribution is -2.40. The number of nitrogens with zero attached hydrogens (tertiary/aromatic N) is 2. The van der Waals surface area contributed by atoms with Crippen LogP contribution in [0.1, 0.15) is 57.4 Å². The first kappa shape index (κ1) is 18.2. The van der Waals surface area contributed by atoms with Crippen LogP contribution in [0.2, 0.25) is 0 Å². The monoisotopic (exact) mass is 342 g/mol. The van der Waals surface area contributed by atoms with E-state index < -0.39 is 0 Å². The average molecular weight is 343 g/mol. The van der Waals surface area contributed by atoms with E-state index in [1.54, 1.807) is 0 Å². The van der Waals surface area contributed by atoms with Crippen molar-refractivity contribution < 1.29 is 0 Å². The molecule has 3 rings (SSSR count). The second kappa shape index (κ2) is 9.23. The molecule has 1 aromatic rings. The Labute approximate surface area is 152 Å². The summed E-state index contributed by atoms with van der Waals surface area (Å²) >= 11 is 0. The maximum absolute atomic E-state index is 6.15. The van der Waals surface area contributed by atoms with Gasteiger partial charge in [-0.3, -0.25) is 9.89 Å². The van der Waals surface area contributed by atoms with E-state index in [1.165, 1.54) is 50.5 Å². The quantitative estimate of drug-likeness (QED) is 0.489. The number of hydrogen-bond donors (Lipinski definition) is 2. The van der Waals surface area contributed by atoms with E-state index in [0.717, 1.165) is 19.6 Å². The van der Waals surface area contributed by atoms with E-state index >= 15 is 0 Å². The third-order valence-corrected chi connectivity index (χ3v) is 5.75. The molecular formula is C21H34N4. The Balaban J connectivity index is 1.45. The van der Waals surface area contributed by atoms with Crippen molar-refractivity contribution in [2.24, 2.45) is 16.6 Å². The van der Waals surface area contributed by atoms with Gasteiger partial charge in [0.2, 0.25) is 0 Å². The lowest BCUT2D eigenvalue weighted by Gasteiger charge is -2.21. The summed E-state index contributed by atoms with van der Waals surface area (Å²) in [7, 11) is 0. The highest BCUT2D eigenvalue weighted by atomic mass is 15.2. The van der Waals surface area contributed by atoms with Crippen molar-refractivity contribution in [3.8, 4) is 0 Å². The average Bonchev–Trinajstić information content (AvgIpc) is 2.80. The highest BCUT2D eigenvalue weighted by Gasteiger charge is 2.28. The van der Waals surface area contributed by atoms with Crippen molar-refractivity contribution in [2.75, 3.05) is 13.1 Å². The highest BCUT2D eigenvalue weighted by Crippen LogP contribution is 2.25. The number of benzene rings is 1. The molecule has 1 aliphatic heterocycles. The Morgan fingerprint density at radius 3 is 2.60 bits per heavy atom. The molecule has 2 atom stereocenters. The van der Waals surface area contributed by atoms with Crippen LogP contribution in [0.25, 0.3) is 0 Å². The van der Waals surface area contributed by atoms with Gasteiger partial charge in [-0.05, 0) is 37.7 Å². The molecule has 0 spiro atoms. The summed E-state index contributed by atoms with van der Waals surface area (Å²) in [5, 5.41) is 3.46. The van der Waals surface area contributed by atoms with Crippen LogP contribution in [0.15, 0.2) is 35.3 Å². The second-order valence-electron chi connectivity index (χ2n) is 7.92. The van der Waals surface area contributed by atoms with Gasteiger partial charge >= 0.3 is 0 Å². The first-order valence-corrected chi connectivity index (χ1v) is 10.0. The Bertz CT molecular complexity index is 534. The third kappa shape index (κ3) is 5.74. The van der Waals surface area contributed by atoms with E-state index in [-0.39, 0.29) is 0 Å². The van der Waals surface area contributed by atoms with Crippen molar-refractivity contribution in [1.29, 1.82) is 0 Å². The molecule has 1 aliphatic carbocycles. The Morgan fingerprint density at radius 1 is 1.16 bits per heavy atom. The van der Waals surface area contributed by atoms with Crippen LogP contribution in [-0.2, 0) is 6.54 Å². The predicted octanol–water partition coefficient (Wildman–Crippen LogP) is 3.52. The Hall–Kier alpha value is -1.55. The molecule has 1 heterocycles. The second-order valence-corrected chi connectivity index (χ2v) is 7.92. The number of likely N-dealkylation sites (tertiary alicyclic amines) is 1. The van der Waals surface area contributed by atoms with Crippen molar-refractivity contribution in [2.45, 2.75) is 70.5 Å². The van der Waals surface area contributed by atoms with Gasteiger partial charge in [-0.15, -0.1) is 0 Å². The maximum atomic E-state index is 6.15. The fourth-order valence-electron chi connectivity index (χ4n) is 4.29. The van der Waals surface area contributed by atoms with Crippen LogP contribution in [0, 0.1) is 5.92 Å². The van der Waals surface area contributed by atoms with Gasteiger partial charge in [-0.25, -0.2) is 0 Å². The molecule has 138 valence electrons. The fourth-order valence-corrected chi connectivity index (χ4v) is 4.29. The molecule has 3 N–H and O–H groups in total. The molecule has 4 heteroatoms. The normalized spacial score (nSPS) is 26.5. The smallest absolute Gasteiger partial charge is 0.188 e. The van der Waals surface area contributed by atoms with Crippen LogP contribution in [-0.4, -0.2) is 36.0 Å². The number of nitrogens with two attached hydrogens (primary N) is 1. The minimum absolute atomic E-state index is 0.531. The molecule has 1 saturated heterocycles. The Morgan fingerprint density at radius 2 is 1.88 bits per heavy atom. The van der Waals surface area contributed by atoms with Crippen molar-refractivity contribution in [1.82, 2.24) is 10.2 Å². The number of rotatable bonds is 5. The van der Waals surface area contributed by atoms with E-state index in [9.17, 15) is 0 Å². The topological polar surface area (TPSA) is 53.6 Å².